The highest BCUT2D eigenvalue weighted by Gasteiger charge is 2.34. The fourth-order valence-corrected chi connectivity index (χ4v) is 3.33. The van der Waals surface area contributed by atoms with Crippen LogP contribution in [0.4, 0.5) is 13.2 Å². The van der Waals surface area contributed by atoms with Crippen molar-refractivity contribution in [2.75, 3.05) is 0 Å². The summed E-state index contributed by atoms with van der Waals surface area (Å²) in [5.74, 6) is 0.776. The number of alkyl halides is 3. The van der Waals surface area contributed by atoms with Crippen molar-refractivity contribution < 1.29 is 13.2 Å². The average Bonchev–Trinajstić information content (AvgIpc) is 2.77. The van der Waals surface area contributed by atoms with Crippen LogP contribution in [-0.4, -0.2) is 9.13 Å². The smallest absolute Gasteiger partial charge is 0.296 e. The Hall–Kier alpha value is -1.98. The normalized spacial score (nSPS) is 15.6. The number of rotatable bonds is 5. The lowest BCUT2D eigenvalue weighted by Crippen LogP contribution is -2.30. The Morgan fingerprint density at radius 1 is 1.20 bits per heavy atom. The molecule has 1 aromatic heterocycles. The second-order valence-corrected chi connectivity index (χ2v) is 7.29. The van der Waals surface area contributed by atoms with E-state index in [4.69, 9.17) is 0 Å². The van der Waals surface area contributed by atoms with Crippen molar-refractivity contribution in [2.45, 2.75) is 52.3 Å². The first-order valence-electron chi connectivity index (χ1n) is 8.75. The fourth-order valence-electron chi connectivity index (χ4n) is 3.33. The molecule has 136 valence electrons. The fraction of sp³-hybridized carbons (Fsp3) is 0.526. The first-order chi connectivity index (χ1) is 11.8. The van der Waals surface area contributed by atoms with Gasteiger partial charge in [0.25, 0.3) is 0 Å². The maximum absolute atomic E-state index is 13.3. The Morgan fingerprint density at radius 2 is 1.88 bits per heavy atom. The zero-order valence-corrected chi connectivity index (χ0v) is 14.5. The third-order valence-electron chi connectivity index (χ3n) is 4.81. The molecule has 0 saturated heterocycles. The molecular formula is C19H23F3N2O. The molecular weight excluding hydrogens is 329 g/mol. The maximum atomic E-state index is 13.3. The second-order valence-electron chi connectivity index (χ2n) is 7.29. The third kappa shape index (κ3) is 3.67. The Bertz CT molecular complexity index is 798. The number of para-hydroxylation sites is 1. The summed E-state index contributed by atoms with van der Waals surface area (Å²) in [5.41, 5.74) is -0.450. The van der Waals surface area contributed by atoms with E-state index < -0.39 is 11.7 Å². The lowest BCUT2D eigenvalue weighted by molar-refractivity contribution is -0.137. The number of nitrogens with zero attached hydrogens (tertiary/aromatic N) is 2. The predicted octanol–water partition coefficient (Wildman–Crippen LogP) is 4.66. The first kappa shape index (κ1) is 17.8. The van der Waals surface area contributed by atoms with Gasteiger partial charge in [-0.25, -0.2) is 4.79 Å². The van der Waals surface area contributed by atoms with Crippen molar-refractivity contribution in [1.82, 2.24) is 9.13 Å². The van der Waals surface area contributed by atoms with E-state index in [1.54, 1.807) is 10.8 Å². The van der Waals surface area contributed by atoms with Crippen LogP contribution in [0.15, 0.2) is 35.3 Å². The Morgan fingerprint density at radius 3 is 2.44 bits per heavy atom. The molecule has 6 heteroatoms. The molecule has 1 aliphatic carbocycles. The molecule has 0 atom stereocenters. The molecule has 1 heterocycles. The van der Waals surface area contributed by atoms with Crippen molar-refractivity contribution in [3.63, 3.8) is 0 Å². The molecule has 0 radical (unpaired) electrons. The molecule has 0 spiro atoms. The number of aromatic nitrogens is 2. The van der Waals surface area contributed by atoms with E-state index in [9.17, 15) is 18.0 Å². The van der Waals surface area contributed by atoms with Crippen LogP contribution < -0.4 is 5.69 Å². The summed E-state index contributed by atoms with van der Waals surface area (Å²) in [4.78, 5) is 12.9. The third-order valence-corrected chi connectivity index (χ3v) is 4.81. The summed E-state index contributed by atoms with van der Waals surface area (Å²) >= 11 is 0. The van der Waals surface area contributed by atoms with Crippen molar-refractivity contribution >= 4 is 0 Å². The molecule has 3 rings (SSSR count). The number of benzene rings is 1. The van der Waals surface area contributed by atoms with E-state index in [2.05, 4.69) is 0 Å². The van der Waals surface area contributed by atoms with Crippen LogP contribution in [0.3, 0.4) is 0 Å². The van der Waals surface area contributed by atoms with Crippen molar-refractivity contribution in [3.8, 4) is 5.69 Å². The highest BCUT2D eigenvalue weighted by Crippen LogP contribution is 2.34. The van der Waals surface area contributed by atoms with Gasteiger partial charge in [-0.05, 0) is 43.2 Å². The number of imidazole rings is 1. The maximum Gasteiger partial charge on any atom is 0.418 e. The Balaban J connectivity index is 2.10. The van der Waals surface area contributed by atoms with Crippen LogP contribution in [0.25, 0.3) is 5.69 Å². The highest BCUT2D eigenvalue weighted by atomic mass is 19.4. The van der Waals surface area contributed by atoms with E-state index in [0.717, 1.165) is 31.0 Å². The van der Waals surface area contributed by atoms with Gasteiger partial charge in [0.15, 0.2) is 0 Å². The van der Waals surface area contributed by atoms with Gasteiger partial charge in [-0.3, -0.25) is 9.13 Å². The van der Waals surface area contributed by atoms with Gasteiger partial charge in [0.2, 0.25) is 0 Å². The lowest BCUT2D eigenvalue weighted by atomic mass is 9.85. The molecule has 3 nitrogen and oxygen atoms in total. The zero-order valence-electron chi connectivity index (χ0n) is 14.5. The standard InChI is InChI=1S/C19H23F3N2O/c1-13(2)10-15-12-24(18(25)23(15)11-14-6-5-7-14)17-9-4-3-8-16(17)19(20,21)22/h3-4,8-9,12-14H,5-7,10-11H2,1-2H3. The van der Waals surface area contributed by atoms with Gasteiger partial charge in [-0.1, -0.05) is 32.4 Å². The Labute approximate surface area is 145 Å². The summed E-state index contributed by atoms with van der Waals surface area (Å²) in [5, 5.41) is 0. The average molecular weight is 352 g/mol. The molecule has 2 aromatic rings. The monoisotopic (exact) mass is 352 g/mol. The van der Waals surface area contributed by atoms with E-state index >= 15 is 0 Å². The zero-order chi connectivity index (χ0) is 18.2. The van der Waals surface area contributed by atoms with E-state index in [1.165, 1.54) is 22.8 Å². The minimum Gasteiger partial charge on any atom is -0.296 e. The molecule has 0 N–H and O–H groups in total. The van der Waals surface area contributed by atoms with Gasteiger partial charge in [0.05, 0.1) is 11.3 Å². The van der Waals surface area contributed by atoms with Gasteiger partial charge in [-0.15, -0.1) is 0 Å². The summed E-state index contributed by atoms with van der Waals surface area (Å²) < 4.78 is 42.8. The van der Waals surface area contributed by atoms with Gasteiger partial charge in [-0.2, -0.15) is 13.2 Å². The molecule has 0 unspecified atom stereocenters. The van der Waals surface area contributed by atoms with Gasteiger partial charge < -0.3 is 0 Å². The first-order valence-corrected chi connectivity index (χ1v) is 8.75. The Kier molecular flexibility index (Phi) is 4.80. The molecule has 1 saturated carbocycles. The highest BCUT2D eigenvalue weighted by molar-refractivity contribution is 5.43. The molecule has 1 aliphatic rings. The number of hydrogen-bond donors (Lipinski definition) is 0. The van der Waals surface area contributed by atoms with Crippen LogP contribution in [0.5, 0.6) is 0 Å². The van der Waals surface area contributed by atoms with Gasteiger partial charge in [0, 0.05) is 18.4 Å². The quantitative estimate of drug-likeness (QED) is 0.769. The van der Waals surface area contributed by atoms with Crippen molar-refractivity contribution in [1.29, 1.82) is 0 Å². The molecule has 25 heavy (non-hydrogen) atoms. The second kappa shape index (κ2) is 6.73. The van der Waals surface area contributed by atoms with E-state index in [-0.39, 0.29) is 11.4 Å². The summed E-state index contributed by atoms with van der Waals surface area (Å²) in [6.07, 6.45) is 1.09. The molecule has 0 amide bonds. The number of halogens is 3. The van der Waals surface area contributed by atoms with Gasteiger partial charge >= 0.3 is 11.9 Å². The SMILES string of the molecule is CC(C)Cc1cn(-c2ccccc2C(F)(F)F)c(=O)n1CC1CCC1. The molecule has 1 fully saturated rings. The predicted molar refractivity (Wildman–Crippen MR) is 90.9 cm³/mol. The van der Waals surface area contributed by atoms with E-state index in [0.29, 0.717) is 24.8 Å². The van der Waals surface area contributed by atoms with Crippen molar-refractivity contribution in [2.24, 2.45) is 11.8 Å². The molecule has 1 aromatic carbocycles. The van der Waals surface area contributed by atoms with Crippen LogP contribution in [0, 0.1) is 11.8 Å². The summed E-state index contributed by atoms with van der Waals surface area (Å²) in [6.45, 7) is 4.68. The summed E-state index contributed by atoms with van der Waals surface area (Å²) in [7, 11) is 0. The van der Waals surface area contributed by atoms with Crippen molar-refractivity contribution in [3.05, 3.63) is 52.2 Å². The number of hydrogen-bond acceptors (Lipinski definition) is 1. The topological polar surface area (TPSA) is 26.9 Å². The minimum atomic E-state index is -4.50. The lowest BCUT2D eigenvalue weighted by Gasteiger charge is -2.26. The van der Waals surface area contributed by atoms with Crippen LogP contribution >= 0.6 is 0 Å². The summed E-state index contributed by atoms with van der Waals surface area (Å²) in [6, 6.07) is 5.25. The molecule has 0 bridgehead atoms. The van der Waals surface area contributed by atoms with E-state index in [1.807, 2.05) is 13.8 Å². The van der Waals surface area contributed by atoms with Crippen LogP contribution in [0.1, 0.15) is 44.4 Å². The molecule has 0 aliphatic heterocycles. The van der Waals surface area contributed by atoms with Gasteiger partial charge in [0.1, 0.15) is 0 Å². The van der Waals surface area contributed by atoms with Crippen LogP contribution in [-0.2, 0) is 19.1 Å². The minimum absolute atomic E-state index is 0.0997. The van der Waals surface area contributed by atoms with Crippen LogP contribution in [0.2, 0.25) is 0 Å². The largest absolute Gasteiger partial charge is 0.418 e.